The highest BCUT2D eigenvalue weighted by atomic mass is 32.2. The first-order valence-electron chi connectivity index (χ1n) is 4.62. The van der Waals surface area contributed by atoms with Gasteiger partial charge in [-0.1, -0.05) is 25.7 Å². The number of halogens is 1. The Labute approximate surface area is 79.6 Å². The maximum Gasteiger partial charge on any atom is 0.209 e. The van der Waals surface area contributed by atoms with Gasteiger partial charge in [0, 0.05) is 0 Å². The average Bonchev–Trinajstić information content (AvgIpc) is 2.01. The lowest BCUT2D eigenvalue weighted by Crippen LogP contribution is -2.16. The van der Waals surface area contributed by atoms with E-state index in [1.54, 1.807) is 0 Å². The van der Waals surface area contributed by atoms with Crippen LogP contribution in [0.4, 0.5) is 4.39 Å². The predicted octanol–water partition coefficient (Wildman–Crippen LogP) is 1.58. The van der Waals surface area contributed by atoms with E-state index in [1.807, 2.05) is 0 Å². The molecule has 3 nitrogen and oxygen atoms in total. The van der Waals surface area contributed by atoms with Gasteiger partial charge in [-0.05, 0) is 12.8 Å². The molecule has 0 heterocycles. The summed E-state index contributed by atoms with van der Waals surface area (Å²) in [5.74, 6) is 0.0656. The van der Waals surface area contributed by atoms with Gasteiger partial charge in [-0.15, -0.1) is 0 Å². The van der Waals surface area contributed by atoms with Crippen LogP contribution in [0.3, 0.4) is 0 Å². The van der Waals surface area contributed by atoms with Crippen molar-refractivity contribution in [3.05, 3.63) is 0 Å². The Bertz CT molecular complexity index is 204. The van der Waals surface area contributed by atoms with Gasteiger partial charge in [0.05, 0.1) is 12.4 Å². The molecular formula is C8H18FNO2S. The second-order valence-corrected chi connectivity index (χ2v) is 4.91. The zero-order valence-electron chi connectivity index (χ0n) is 7.84. The first-order valence-corrected chi connectivity index (χ1v) is 6.34. The van der Waals surface area contributed by atoms with E-state index in [0.717, 1.165) is 25.7 Å². The van der Waals surface area contributed by atoms with E-state index in [9.17, 15) is 12.8 Å². The number of hydrogen-bond acceptors (Lipinski definition) is 2. The molecule has 5 heteroatoms. The normalized spacial score (nSPS) is 11.8. The summed E-state index contributed by atoms with van der Waals surface area (Å²) < 4.78 is 32.6. The van der Waals surface area contributed by atoms with Crippen molar-refractivity contribution < 1.29 is 12.8 Å². The predicted molar refractivity (Wildman–Crippen MR) is 51.7 cm³/mol. The van der Waals surface area contributed by atoms with Crippen LogP contribution in [0.25, 0.3) is 0 Å². The number of sulfonamides is 1. The molecule has 2 N–H and O–H groups in total. The molecule has 0 radical (unpaired) electrons. The quantitative estimate of drug-likeness (QED) is 0.620. The van der Waals surface area contributed by atoms with Crippen molar-refractivity contribution in [2.45, 2.75) is 38.5 Å². The van der Waals surface area contributed by atoms with E-state index in [2.05, 4.69) is 0 Å². The third kappa shape index (κ3) is 11.8. The molecule has 0 aromatic carbocycles. The highest BCUT2D eigenvalue weighted by Gasteiger charge is 2.00. The summed E-state index contributed by atoms with van der Waals surface area (Å²) in [6.45, 7) is -0.253. The molecule has 0 aromatic heterocycles. The molecule has 0 fully saturated rings. The highest BCUT2D eigenvalue weighted by Crippen LogP contribution is 2.05. The maximum absolute atomic E-state index is 11.6. The van der Waals surface area contributed by atoms with Gasteiger partial charge in [0.2, 0.25) is 10.0 Å². The Morgan fingerprint density at radius 1 is 0.923 bits per heavy atom. The number of rotatable bonds is 8. The van der Waals surface area contributed by atoms with Crippen molar-refractivity contribution in [2.75, 3.05) is 12.4 Å². The molecular weight excluding hydrogens is 193 g/mol. The molecule has 80 valence electrons. The second kappa shape index (κ2) is 7.26. The molecule has 0 aliphatic carbocycles. The van der Waals surface area contributed by atoms with E-state index in [1.165, 1.54) is 0 Å². The number of alkyl halides is 1. The van der Waals surface area contributed by atoms with Gasteiger partial charge in [-0.25, -0.2) is 13.6 Å². The minimum atomic E-state index is -3.28. The summed E-state index contributed by atoms with van der Waals surface area (Å²) in [6, 6.07) is 0. The highest BCUT2D eigenvalue weighted by molar-refractivity contribution is 7.89. The number of hydrogen-bond donors (Lipinski definition) is 1. The molecule has 0 aromatic rings. The lowest BCUT2D eigenvalue weighted by Gasteiger charge is -1.99. The van der Waals surface area contributed by atoms with Crippen molar-refractivity contribution in [2.24, 2.45) is 5.14 Å². The summed E-state index contributed by atoms with van der Waals surface area (Å²) in [6.07, 6.45) is 4.95. The van der Waals surface area contributed by atoms with Crippen LogP contribution in [0.1, 0.15) is 38.5 Å². The van der Waals surface area contributed by atoms with Crippen molar-refractivity contribution in [1.82, 2.24) is 0 Å². The van der Waals surface area contributed by atoms with Crippen LogP contribution < -0.4 is 5.14 Å². The fourth-order valence-electron chi connectivity index (χ4n) is 1.10. The smallest absolute Gasteiger partial charge is 0.209 e. The van der Waals surface area contributed by atoms with Gasteiger partial charge < -0.3 is 0 Å². The maximum atomic E-state index is 11.6. The van der Waals surface area contributed by atoms with Gasteiger partial charge in [-0.2, -0.15) is 0 Å². The molecule has 0 saturated heterocycles. The van der Waals surface area contributed by atoms with Crippen LogP contribution in [-0.2, 0) is 10.0 Å². The molecule has 0 amide bonds. The van der Waals surface area contributed by atoms with Gasteiger partial charge in [0.1, 0.15) is 0 Å². The Hall–Kier alpha value is -0.160. The summed E-state index contributed by atoms with van der Waals surface area (Å²) >= 11 is 0. The lowest BCUT2D eigenvalue weighted by atomic mass is 10.1. The Morgan fingerprint density at radius 3 is 1.85 bits per heavy atom. The zero-order chi connectivity index (χ0) is 10.2. The average molecular weight is 211 g/mol. The minimum absolute atomic E-state index is 0.0656. The van der Waals surface area contributed by atoms with E-state index in [4.69, 9.17) is 5.14 Å². The van der Waals surface area contributed by atoms with Crippen LogP contribution in [0, 0.1) is 0 Å². The van der Waals surface area contributed by atoms with Crippen molar-refractivity contribution in [3.8, 4) is 0 Å². The van der Waals surface area contributed by atoms with Gasteiger partial charge in [0.15, 0.2) is 0 Å². The number of nitrogens with two attached hydrogens (primary N) is 1. The molecule has 0 unspecified atom stereocenters. The summed E-state index contributed by atoms with van der Waals surface area (Å²) in [7, 11) is -3.28. The standard InChI is InChI=1S/C8H18FNO2S/c9-7-5-3-1-2-4-6-8-13(10,11)12/h1-8H2,(H2,10,11,12). The fourth-order valence-corrected chi connectivity index (χ4v) is 1.71. The van der Waals surface area contributed by atoms with E-state index < -0.39 is 10.0 Å². The Morgan fingerprint density at radius 2 is 1.38 bits per heavy atom. The van der Waals surface area contributed by atoms with Gasteiger partial charge >= 0.3 is 0 Å². The van der Waals surface area contributed by atoms with Crippen LogP contribution >= 0.6 is 0 Å². The van der Waals surface area contributed by atoms with Gasteiger partial charge in [0.25, 0.3) is 0 Å². The molecule has 0 bridgehead atoms. The summed E-state index contributed by atoms with van der Waals surface area (Å²) in [4.78, 5) is 0. The molecule has 0 aliphatic rings. The van der Waals surface area contributed by atoms with Crippen LogP contribution in [-0.4, -0.2) is 20.8 Å². The topological polar surface area (TPSA) is 60.2 Å². The van der Waals surface area contributed by atoms with Crippen LogP contribution in [0.15, 0.2) is 0 Å². The number of unbranched alkanes of at least 4 members (excludes halogenated alkanes) is 5. The van der Waals surface area contributed by atoms with Crippen molar-refractivity contribution in [3.63, 3.8) is 0 Å². The SMILES string of the molecule is NS(=O)(=O)CCCCCCCCF. The largest absolute Gasteiger partial charge is 0.251 e. The van der Waals surface area contributed by atoms with Gasteiger partial charge in [-0.3, -0.25) is 4.39 Å². The molecule has 0 rings (SSSR count). The van der Waals surface area contributed by atoms with Crippen LogP contribution in [0.2, 0.25) is 0 Å². The monoisotopic (exact) mass is 211 g/mol. The second-order valence-electron chi connectivity index (χ2n) is 3.18. The third-order valence-corrected chi connectivity index (χ3v) is 2.67. The zero-order valence-corrected chi connectivity index (χ0v) is 8.65. The lowest BCUT2D eigenvalue weighted by molar-refractivity contribution is 0.451. The van der Waals surface area contributed by atoms with Crippen LogP contribution in [0.5, 0.6) is 0 Å². The first kappa shape index (κ1) is 12.8. The van der Waals surface area contributed by atoms with E-state index >= 15 is 0 Å². The van der Waals surface area contributed by atoms with Crippen molar-refractivity contribution in [1.29, 1.82) is 0 Å². The summed E-state index contributed by atoms with van der Waals surface area (Å²) in [5, 5.41) is 4.82. The number of primary sulfonamides is 1. The van der Waals surface area contributed by atoms with E-state index in [-0.39, 0.29) is 12.4 Å². The first-order chi connectivity index (χ1) is 6.06. The molecule has 0 atom stereocenters. The van der Waals surface area contributed by atoms with Crippen molar-refractivity contribution >= 4 is 10.0 Å². The molecule has 13 heavy (non-hydrogen) atoms. The molecule has 0 saturated carbocycles. The third-order valence-electron chi connectivity index (χ3n) is 1.81. The fraction of sp³-hybridized carbons (Fsp3) is 1.00. The Kier molecular flexibility index (Phi) is 7.17. The molecule has 0 spiro atoms. The summed E-state index contributed by atoms with van der Waals surface area (Å²) in [5.41, 5.74) is 0. The van der Waals surface area contributed by atoms with E-state index in [0.29, 0.717) is 12.8 Å². The molecule has 0 aliphatic heterocycles. The minimum Gasteiger partial charge on any atom is -0.251 e. The Balaban J connectivity index is 3.09.